The highest BCUT2D eigenvalue weighted by Gasteiger charge is 2.25. The summed E-state index contributed by atoms with van der Waals surface area (Å²) >= 11 is 0. The molecule has 2 unspecified atom stereocenters. The molecule has 1 aliphatic heterocycles. The van der Waals surface area contributed by atoms with E-state index in [1.165, 1.54) is 37.2 Å². The zero-order chi connectivity index (χ0) is 15.6. The van der Waals surface area contributed by atoms with E-state index in [1.807, 2.05) is 11.7 Å². The van der Waals surface area contributed by atoms with Crippen molar-refractivity contribution in [3.05, 3.63) is 17.0 Å². The number of rotatable bonds is 6. The molecule has 2 heterocycles. The van der Waals surface area contributed by atoms with E-state index in [1.54, 1.807) is 0 Å². The van der Waals surface area contributed by atoms with Crippen LogP contribution in [0.15, 0.2) is 0 Å². The minimum atomic E-state index is 0.363. The van der Waals surface area contributed by atoms with Gasteiger partial charge in [0, 0.05) is 36.9 Å². The summed E-state index contributed by atoms with van der Waals surface area (Å²) in [6, 6.07) is 1.01. The lowest BCUT2D eigenvalue weighted by Crippen LogP contribution is -2.44. The predicted molar refractivity (Wildman–Crippen MR) is 88.5 cm³/mol. The van der Waals surface area contributed by atoms with Gasteiger partial charge < -0.3 is 5.32 Å². The predicted octanol–water partition coefficient (Wildman–Crippen LogP) is 2.81. The first-order valence-electron chi connectivity index (χ1n) is 8.39. The van der Waals surface area contributed by atoms with Gasteiger partial charge >= 0.3 is 0 Å². The summed E-state index contributed by atoms with van der Waals surface area (Å²) < 4.78 is 1.99. The zero-order valence-electron chi connectivity index (χ0n) is 14.6. The van der Waals surface area contributed by atoms with E-state index in [-0.39, 0.29) is 0 Å². The van der Waals surface area contributed by atoms with Crippen molar-refractivity contribution in [2.24, 2.45) is 13.0 Å². The molecule has 1 N–H and O–H groups in total. The van der Waals surface area contributed by atoms with Crippen molar-refractivity contribution in [3.8, 4) is 0 Å². The highest BCUT2D eigenvalue weighted by Crippen LogP contribution is 2.22. The molecule has 1 fully saturated rings. The maximum atomic E-state index is 4.54. The SMILES string of the molecule is Cc1nn(C)c(C)c1C(C)NCC(C(C)C)N1CCCC1. The zero-order valence-corrected chi connectivity index (χ0v) is 14.6. The number of nitrogens with one attached hydrogen (secondary N) is 1. The van der Waals surface area contributed by atoms with E-state index in [0.717, 1.165) is 12.2 Å². The molecular formula is C17H32N4. The van der Waals surface area contributed by atoms with Crippen molar-refractivity contribution < 1.29 is 0 Å². The van der Waals surface area contributed by atoms with Gasteiger partial charge in [0.2, 0.25) is 0 Å². The van der Waals surface area contributed by atoms with E-state index in [9.17, 15) is 0 Å². The van der Waals surface area contributed by atoms with Crippen LogP contribution in [0.25, 0.3) is 0 Å². The largest absolute Gasteiger partial charge is 0.308 e. The first kappa shape index (κ1) is 16.5. The second kappa shape index (κ2) is 6.93. The molecule has 1 aromatic rings. The lowest BCUT2D eigenvalue weighted by Gasteiger charge is -2.32. The fraction of sp³-hybridized carbons (Fsp3) is 0.824. The molecular weight excluding hydrogens is 260 g/mol. The second-order valence-corrected chi connectivity index (χ2v) is 6.89. The van der Waals surface area contributed by atoms with Gasteiger partial charge in [0.15, 0.2) is 0 Å². The quantitative estimate of drug-likeness (QED) is 0.875. The molecule has 1 saturated heterocycles. The van der Waals surface area contributed by atoms with Crippen molar-refractivity contribution >= 4 is 0 Å². The molecule has 4 heteroatoms. The highest BCUT2D eigenvalue weighted by molar-refractivity contribution is 5.27. The van der Waals surface area contributed by atoms with E-state index in [0.29, 0.717) is 18.0 Å². The van der Waals surface area contributed by atoms with Crippen LogP contribution in [-0.2, 0) is 7.05 Å². The van der Waals surface area contributed by atoms with E-state index in [4.69, 9.17) is 0 Å². The fourth-order valence-electron chi connectivity index (χ4n) is 3.68. The van der Waals surface area contributed by atoms with Crippen molar-refractivity contribution in [2.45, 2.75) is 59.5 Å². The number of hydrogen-bond donors (Lipinski definition) is 1. The number of aromatic nitrogens is 2. The third-order valence-corrected chi connectivity index (χ3v) is 5.01. The third-order valence-electron chi connectivity index (χ3n) is 5.01. The Bertz CT molecular complexity index is 458. The summed E-state index contributed by atoms with van der Waals surface area (Å²) in [4.78, 5) is 2.66. The third kappa shape index (κ3) is 3.67. The van der Waals surface area contributed by atoms with Gasteiger partial charge in [-0.05, 0) is 52.6 Å². The Kier molecular flexibility index (Phi) is 5.44. The fourth-order valence-corrected chi connectivity index (χ4v) is 3.68. The second-order valence-electron chi connectivity index (χ2n) is 6.89. The molecule has 2 rings (SSSR count). The minimum absolute atomic E-state index is 0.363. The monoisotopic (exact) mass is 292 g/mol. The molecule has 2 atom stereocenters. The summed E-state index contributed by atoms with van der Waals surface area (Å²) in [7, 11) is 2.03. The minimum Gasteiger partial charge on any atom is -0.308 e. The van der Waals surface area contributed by atoms with Crippen LogP contribution in [0.3, 0.4) is 0 Å². The van der Waals surface area contributed by atoms with Crippen molar-refractivity contribution in [2.75, 3.05) is 19.6 Å². The van der Waals surface area contributed by atoms with E-state index < -0.39 is 0 Å². The van der Waals surface area contributed by atoms with Gasteiger partial charge in [-0.1, -0.05) is 13.8 Å². The molecule has 120 valence electrons. The normalized spacial score (nSPS) is 19.4. The molecule has 0 spiro atoms. The number of likely N-dealkylation sites (tertiary alicyclic amines) is 1. The van der Waals surface area contributed by atoms with Crippen LogP contribution in [0.1, 0.15) is 56.6 Å². The molecule has 21 heavy (non-hydrogen) atoms. The smallest absolute Gasteiger partial charge is 0.0644 e. The molecule has 0 saturated carbocycles. The molecule has 1 aromatic heterocycles. The highest BCUT2D eigenvalue weighted by atomic mass is 15.3. The van der Waals surface area contributed by atoms with Crippen molar-refractivity contribution in [1.29, 1.82) is 0 Å². The Balaban J connectivity index is 1.99. The van der Waals surface area contributed by atoms with Crippen LogP contribution >= 0.6 is 0 Å². The molecule has 0 bridgehead atoms. The summed E-state index contributed by atoms with van der Waals surface area (Å²) in [5, 5.41) is 8.29. The average Bonchev–Trinajstić information content (AvgIpc) is 2.99. The summed E-state index contributed by atoms with van der Waals surface area (Å²) in [6.45, 7) is 14.8. The topological polar surface area (TPSA) is 33.1 Å². The molecule has 0 aliphatic carbocycles. The maximum absolute atomic E-state index is 4.54. The molecule has 4 nitrogen and oxygen atoms in total. The first-order chi connectivity index (χ1) is 9.91. The molecule has 1 aliphatic rings. The van der Waals surface area contributed by atoms with Gasteiger partial charge in [-0.15, -0.1) is 0 Å². The van der Waals surface area contributed by atoms with Gasteiger partial charge in [-0.2, -0.15) is 5.10 Å². The van der Waals surface area contributed by atoms with Crippen molar-refractivity contribution in [1.82, 2.24) is 20.0 Å². The van der Waals surface area contributed by atoms with Gasteiger partial charge in [0.05, 0.1) is 5.69 Å². The number of nitrogens with zero attached hydrogens (tertiary/aromatic N) is 3. The Morgan fingerprint density at radius 3 is 2.24 bits per heavy atom. The van der Waals surface area contributed by atoms with Crippen LogP contribution in [0.2, 0.25) is 0 Å². The Labute approximate surface area is 129 Å². The Hall–Kier alpha value is -0.870. The van der Waals surface area contributed by atoms with Crippen LogP contribution < -0.4 is 5.32 Å². The van der Waals surface area contributed by atoms with Gasteiger partial charge in [0.1, 0.15) is 0 Å². The van der Waals surface area contributed by atoms with Crippen molar-refractivity contribution in [3.63, 3.8) is 0 Å². The average molecular weight is 292 g/mol. The molecule has 0 amide bonds. The van der Waals surface area contributed by atoms with Crippen LogP contribution in [0.4, 0.5) is 0 Å². The lowest BCUT2D eigenvalue weighted by molar-refractivity contribution is 0.183. The Morgan fingerprint density at radius 2 is 1.76 bits per heavy atom. The summed E-state index contributed by atoms with van der Waals surface area (Å²) in [6.07, 6.45) is 2.72. The summed E-state index contributed by atoms with van der Waals surface area (Å²) in [5.41, 5.74) is 3.79. The van der Waals surface area contributed by atoms with Crippen LogP contribution in [0.5, 0.6) is 0 Å². The standard InChI is InChI=1S/C17H32N4/c1-12(2)16(21-9-7-8-10-21)11-18-13(3)17-14(4)19-20(6)15(17)5/h12-13,16,18H,7-11H2,1-6H3. The Morgan fingerprint density at radius 1 is 1.14 bits per heavy atom. The summed E-state index contributed by atoms with van der Waals surface area (Å²) in [5.74, 6) is 0.693. The van der Waals surface area contributed by atoms with Crippen LogP contribution in [-0.4, -0.2) is 40.4 Å². The first-order valence-corrected chi connectivity index (χ1v) is 8.39. The van der Waals surface area contributed by atoms with E-state index in [2.05, 4.69) is 49.9 Å². The van der Waals surface area contributed by atoms with Gasteiger partial charge in [-0.25, -0.2) is 0 Å². The van der Waals surface area contributed by atoms with Crippen LogP contribution in [0, 0.1) is 19.8 Å². The number of aryl methyl sites for hydroxylation is 2. The molecule has 0 radical (unpaired) electrons. The number of hydrogen-bond acceptors (Lipinski definition) is 3. The van der Waals surface area contributed by atoms with E-state index >= 15 is 0 Å². The maximum Gasteiger partial charge on any atom is 0.0644 e. The lowest BCUT2D eigenvalue weighted by atomic mass is 10.0. The molecule has 0 aromatic carbocycles. The van der Waals surface area contributed by atoms with Gasteiger partial charge in [0.25, 0.3) is 0 Å². The van der Waals surface area contributed by atoms with Gasteiger partial charge in [-0.3, -0.25) is 9.58 Å².